The second-order valence-electron chi connectivity index (χ2n) is 5.81. The summed E-state index contributed by atoms with van der Waals surface area (Å²) in [5.41, 5.74) is 6.85. The molecule has 124 valence electrons. The number of anilines is 2. The Kier molecular flexibility index (Phi) is 3.53. The number of hydrogen-bond donors (Lipinski definition) is 2. The molecule has 0 aromatic carbocycles. The summed E-state index contributed by atoms with van der Waals surface area (Å²) < 4.78 is 19.9. The van der Waals surface area contributed by atoms with Gasteiger partial charge in [-0.05, 0) is 13.0 Å². The average Bonchev–Trinajstić information content (AvgIpc) is 3.03. The molecule has 4 heterocycles. The first-order chi connectivity index (χ1) is 11.6. The summed E-state index contributed by atoms with van der Waals surface area (Å²) >= 11 is 0. The van der Waals surface area contributed by atoms with Crippen LogP contribution in [0.15, 0.2) is 24.5 Å². The van der Waals surface area contributed by atoms with E-state index in [2.05, 4.69) is 31.8 Å². The van der Waals surface area contributed by atoms with Gasteiger partial charge in [-0.3, -0.25) is 0 Å². The van der Waals surface area contributed by atoms with E-state index in [-0.39, 0.29) is 11.9 Å². The first-order valence-corrected chi connectivity index (χ1v) is 7.74. The second kappa shape index (κ2) is 5.72. The minimum Gasteiger partial charge on any atom is -0.384 e. The van der Waals surface area contributed by atoms with Crippen molar-refractivity contribution in [2.45, 2.75) is 13.0 Å². The SMILES string of the molecule is CC1COCCN1c1cc(N)nc(-c2c(F)cnc3[nH]ccc23)n1. The normalized spacial score (nSPS) is 18.2. The summed E-state index contributed by atoms with van der Waals surface area (Å²) in [6, 6.07) is 3.62. The molecule has 0 radical (unpaired) electrons. The van der Waals surface area contributed by atoms with Crippen molar-refractivity contribution >= 4 is 22.7 Å². The van der Waals surface area contributed by atoms with Crippen LogP contribution in [0.2, 0.25) is 0 Å². The number of ether oxygens (including phenoxy) is 1. The maximum absolute atomic E-state index is 14.4. The Morgan fingerprint density at radius 3 is 3.12 bits per heavy atom. The van der Waals surface area contributed by atoms with Crippen molar-refractivity contribution in [3.05, 3.63) is 30.3 Å². The van der Waals surface area contributed by atoms with Crippen molar-refractivity contribution in [1.29, 1.82) is 0 Å². The van der Waals surface area contributed by atoms with E-state index in [0.29, 0.717) is 48.0 Å². The zero-order chi connectivity index (χ0) is 16.7. The van der Waals surface area contributed by atoms with E-state index in [9.17, 15) is 4.39 Å². The fourth-order valence-corrected chi connectivity index (χ4v) is 2.99. The van der Waals surface area contributed by atoms with Crippen molar-refractivity contribution < 1.29 is 9.13 Å². The molecule has 1 aliphatic heterocycles. The molecule has 1 atom stereocenters. The van der Waals surface area contributed by atoms with Crippen LogP contribution < -0.4 is 10.6 Å². The molecule has 0 spiro atoms. The summed E-state index contributed by atoms with van der Waals surface area (Å²) in [4.78, 5) is 17.9. The van der Waals surface area contributed by atoms with Crippen LogP contribution in [0.25, 0.3) is 22.4 Å². The number of morpholine rings is 1. The molecule has 0 saturated carbocycles. The lowest BCUT2D eigenvalue weighted by Crippen LogP contribution is -2.44. The minimum absolute atomic E-state index is 0.162. The number of nitrogens with one attached hydrogen (secondary N) is 1. The van der Waals surface area contributed by atoms with Crippen LogP contribution >= 0.6 is 0 Å². The van der Waals surface area contributed by atoms with E-state index in [1.54, 1.807) is 18.3 Å². The van der Waals surface area contributed by atoms with E-state index in [1.807, 2.05) is 0 Å². The Labute approximate surface area is 137 Å². The summed E-state index contributed by atoms with van der Waals surface area (Å²) in [6.07, 6.45) is 2.87. The standard InChI is InChI=1S/C16H17FN6O/c1-9-8-24-5-4-23(9)13-6-12(18)21-16(22-13)14-10-2-3-19-15(10)20-7-11(14)17/h2-3,6-7,9H,4-5,8H2,1H3,(H,19,20)(H2,18,21,22). The molecular weight excluding hydrogens is 311 g/mol. The van der Waals surface area contributed by atoms with Gasteiger partial charge in [0.05, 0.1) is 31.0 Å². The van der Waals surface area contributed by atoms with Crippen LogP contribution in [0.5, 0.6) is 0 Å². The topological polar surface area (TPSA) is 93.0 Å². The van der Waals surface area contributed by atoms with E-state index in [4.69, 9.17) is 10.5 Å². The fourth-order valence-electron chi connectivity index (χ4n) is 2.99. The van der Waals surface area contributed by atoms with Crippen molar-refractivity contribution in [2.24, 2.45) is 0 Å². The number of rotatable bonds is 2. The highest BCUT2D eigenvalue weighted by atomic mass is 19.1. The summed E-state index contributed by atoms with van der Waals surface area (Å²) in [5, 5.41) is 0.626. The van der Waals surface area contributed by atoms with Gasteiger partial charge in [0.25, 0.3) is 0 Å². The van der Waals surface area contributed by atoms with Crippen molar-refractivity contribution in [3.8, 4) is 11.4 Å². The number of fused-ring (bicyclic) bond motifs is 1. The van der Waals surface area contributed by atoms with Crippen molar-refractivity contribution in [1.82, 2.24) is 19.9 Å². The van der Waals surface area contributed by atoms with Gasteiger partial charge in [0, 0.05) is 24.2 Å². The van der Waals surface area contributed by atoms with Crippen molar-refractivity contribution in [3.63, 3.8) is 0 Å². The van der Waals surface area contributed by atoms with Gasteiger partial charge in [-0.25, -0.2) is 19.3 Å². The quantitative estimate of drug-likeness (QED) is 0.747. The van der Waals surface area contributed by atoms with Gasteiger partial charge in [-0.2, -0.15) is 0 Å². The summed E-state index contributed by atoms with van der Waals surface area (Å²) in [5.74, 6) is 0.753. The number of aromatic amines is 1. The highest BCUT2D eigenvalue weighted by molar-refractivity contribution is 5.91. The molecule has 1 unspecified atom stereocenters. The van der Waals surface area contributed by atoms with E-state index < -0.39 is 5.82 Å². The molecule has 1 fully saturated rings. The molecule has 4 rings (SSSR count). The molecule has 3 aromatic rings. The number of halogens is 1. The highest BCUT2D eigenvalue weighted by Crippen LogP contribution is 2.30. The number of aromatic nitrogens is 4. The number of hydrogen-bond acceptors (Lipinski definition) is 6. The van der Waals surface area contributed by atoms with Crippen molar-refractivity contribution in [2.75, 3.05) is 30.4 Å². The number of H-pyrrole nitrogens is 1. The molecule has 0 amide bonds. The van der Waals surface area contributed by atoms with Crippen LogP contribution in [0.4, 0.5) is 16.0 Å². The third kappa shape index (κ3) is 2.44. The first kappa shape index (κ1) is 14.8. The highest BCUT2D eigenvalue weighted by Gasteiger charge is 2.23. The summed E-state index contributed by atoms with van der Waals surface area (Å²) in [7, 11) is 0. The predicted molar refractivity (Wildman–Crippen MR) is 89.1 cm³/mol. The van der Waals surface area contributed by atoms with Gasteiger partial charge < -0.3 is 20.4 Å². The Bertz CT molecular complexity index is 895. The van der Waals surface area contributed by atoms with E-state index in [1.165, 1.54) is 0 Å². The van der Waals surface area contributed by atoms with E-state index in [0.717, 1.165) is 6.20 Å². The lowest BCUT2D eigenvalue weighted by atomic mass is 10.1. The van der Waals surface area contributed by atoms with Gasteiger partial charge in [0.15, 0.2) is 11.6 Å². The maximum Gasteiger partial charge on any atom is 0.167 e. The predicted octanol–water partition coefficient (Wildman–Crippen LogP) is 1.97. The Balaban J connectivity index is 1.86. The van der Waals surface area contributed by atoms with Crippen LogP contribution in [0.1, 0.15) is 6.92 Å². The van der Waals surface area contributed by atoms with Crippen LogP contribution in [-0.4, -0.2) is 45.7 Å². The van der Waals surface area contributed by atoms with E-state index >= 15 is 0 Å². The molecule has 24 heavy (non-hydrogen) atoms. The fraction of sp³-hybridized carbons (Fsp3) is 0.312. The van der Waals surface area contributed by atoms with Crippen LogP contribution in [0.3, 0.4) is 0 Å². The Hall–Kier alpha value is -2.74. The Morgan fingerprint density at radius 2 is 2.29 bits per heavy atom. The third-order valence-corrected chi connectivity index (χ3v) is 4.16. The van der Waals surface area contributed by atoms with Gasteiger partial charge in [-0.1, -0.05) is 0 Å². The Morgan fingerprint density at radius 1 is 1.42 bits per heavy atom. The second-order valence-corrected chi connectivity index (χ2v) is 5.81. The lowest BCUT2D eigenvalue weighted by Gasteiger charge is -2.34. The lowest BCUT2D eigenvalue weighted by molar-refractivity contribution is 0.0985. The average molecular weight is 328 g/mol. The van der Waals surface area contributed by atoms with Gasteiger partial charge in [0.2, 0.25) is 0 Å². The first-order valence-electron chi connectivity index (χ1n) is 7.74. The number of pyridine rings is 1. The molecular formula is C16H17FN6O. The number of nitrogen functional groups attached to an aromatic ring is 1. The molecule has 8 heteroatoms. The minimum atomic E-state index is -0.478. The molecule has 1 aliphatic rings. The molecule has 3 aromatic heterocycles. The maximum atomic E-state index is 14.4. The number of nitrogens with zero attached hydrogens (tertiary/aromatic N) is 4. The molecule has 3 N–H and O–H groups in total. The van der Waals surface area contributed by atoms with Crippen LogP contribution in [0, 0.1) is 5.82 Å². The molecule has 7 nitrogen and oxygen atoms in total. The third-order valence-electron chi connectivity index (χ3n) is 4.16. The monoisotopic (exact) mass is 328 g/mol. The summed E-state index contributed by atoms with van der Waals surface area (Å²) in [6.45, 7) is 3.99. The van der Waals surface area contributed by atoms with Gasteiger partial charge >= 0.3 is 0 Å². The zero-order valence-corrected chi connectivity index (χ0v) is 13.2. The molecule has 1 saturated heterocycles. The van der Waals surface area contributed by atoms with Crippen LogP contribution in [-0.2, 0) is 4.74 Å². The van der Waals surface area contributed by atoms with Gasteiger partial charge in [-0.15, -0.1) is 0 Å². The zero-order valence-electron chi connectivity index (χ0n) is 13.2. The molecule has 0 bridgehead atoms. The smallest absolute Gasteiger partial charge is 0.167 e. The van der Waals surface area contributed by atoms with Gasteiger partial charge in [0.1, 0.15) is 17.3 Å². The molecule has 0 aliphatic carbocycles. The number of nitrogens with two attached hydrogens (primary N) is 1. The largest absolute Gasteiger partial charge is 0.384 e.